The molecule has 0 heterocycles. The SMILES string of the molecule is NCCNCCNCCN(CCN)C(=O)CCN. The highest BCUT2D eigenvalue weighted by Gasteiger charge is 2.10. The first-order valence-corrected chi connectivity index (χ1v) is 6.55. The number of nitrogens with two attached hydrogens (primary N) is 3. The predicted molar refractivity (Wildman–Crippen MR) is 74.1 cm³/mol. The molecule has 0 bridgehead atoms. The summed E-state index contributed by atoms with van der Waals surface area (Å²) < 4.78 is 0. The Balaban J connectivity index is 3.60. The van der Waals surface area contributed by atoms with Crippen LogP contribution in [-0.4, -0.2) is 69.7 Å². The van der Waals surface area contributed by atoms with Gasteiger partial charge in [0, 0.05) is 65.3 Å². The summed E-state index contributed by atoms with van der Waals surface area (Å²) in [7, 11) is 0. The zero-order valence-corrected chi connectivity index (χ0v) is 11.2. The van der Waals surface area contributed by atoms with Crippen molar-refractivity contribution in [1.82, 2.24) is 15.5 Å². The van der Waals surface area contributed by atoms with Gasteiger partial charge in [-0.2, -0.15) is 0 Å². The highest BCUT2D eigenvalue weighted by atomic mass is 16.2. The van der Waals surface area contributed by atoms with Crippen molar-refractivity contribution < 1.29 is 4.79 Å². The molecule has 8 N–H and O–H groups in total. The fourth-order valence-corrected chi connectivity index (χ4v) is 1.54. The van der Waals surface area contributed by atoms with Crippen molar-refractivity contribution in [1.29, 1.82) is 0 Å². The van der Waals surface area contributed by atoms with Gasteiger partial charge >= 0.3 is 0 Å². The summed E-state index contributed by atoms with van der Waals surface area (Å²) in [6.45, 7) is 6.12. The molecule has 0 aliphatic carbocycles. The summed E-state index contributed by atoms with van der Waals surface area (Å²) >= 11 is 0. The van der Waals surface area contributed by atoms with E-state index in [4.69, 9.17) is 17.2 Å². The van der Waals surface area contributed by atoms with Gasteiger partial charge in [-0.15, -0.1) is 0 Å². The molecule has 0 radical (unpaired) electrons. The van der Waals surface area contributed by atoms with Crippen molar-refractivity contribution in [2.45, 2.75) is 6.42 Å². The largest absolute Gasteiger partial charge is 0.340 e. The molecular formula is C11H28N6O. The Morgan fingerprint density at radius 1 is 0.833 bits per heavy atom. The molecule has 7 heteroatoms. The number of carbonyl (C=O) groups excluding carboxylic acids is 1. The van der Waals surface area contributed by atoms with Gasteiger partial charge < -0.3 is 32.7 Å². The highest BCUT2D eigenvalue weighted by molar-refractivity contribution is 5.76. The quantitative estimate of drug-likeness (QED) is 0.243. The van der Waals surface area contributed by atoms with Gasteiger partial charge in [-0.3, -0.25) is 4.79 Å². The van der Waals surface area contributed by atoms with Gasteiger partial charge in [-0.25, -0.2) is 0 Å². The fourth-order valence-electron chi connectivity index (χ4n) is 1.54. The minimum absolute atomic E-state index is 0.0750. The van der Waals surface area contributed by atoms with Crippen LogP contribution in [0.15, 0.2) is 0 Å². The molecule has 0 aliphatic rings. The second-order valence-corrected chi connectivity index (χ2v) is 4.00. The zero-order chi connectivity index (χ0) is 13.6. The summed E-state index contributed by atoms with van der Waals surface area (Å²) in [6.07, 6.45) is 0.387. The first kappa shape index (κ1) is 17.3. The first-order chi connectivity index (χ1) is 8.76. The topological polar surface area (TPSA) is 122 Å². The molecule has 0 rings (SSSR count). The molecule has 0 aromatic heterocycles. The van der Waals surface area contributed by atoms with Crippen LogP contribution in [0.3, 0.4) is 0 Å². The van der Waals surface area contributed by atoms with Crippen LogP contribution in [0.5, 0.6) is 0 Å². The second kappa shape index (κ2) is 12.7. The minimum atomic E-state index is 0.0750. The van der Waals surface area contributed by atoms with Crippen LogP contribution < -0.4 is 27.8 Å². The van der Waals surface area contributed by atoms with E-state index in [9.17, 15) is 4.79 Å². The van der Waals surface area contributed by atoms with Crippen LogP contribution in [0.1, 0.15) is 6.42 Å². The van der Waals surface area contributed by atoms with Crippen molar-refractivity contribution in [3.05, 3.63) is 0 Å². The van der Waals surface area contributed by atoms with Crippen molar-refractivity contribution in [3.8, 4) is 0 Å². The Labute approximate surface area is 109 Å². The Morgan fingerprint density at radius 2 is 1.50 bits per heavy atom. The molecule has 0 aromatic rings. The molecule has 0 fully saturated rings. The van der Waals surface area contributed by atoms with E-state index >= 15 is 0 Å². The fraction of sp³-hybridized carbons (Fsp3) is 0.909. The van der Waals surface area contributed by atoms with Gasteiger partial charge in [-0.05, 0) is 0 Å². The maximum atomic E-state index is 11.7. The number of hydrogen-bond donors (Lipinski definition) is 5. The number of amides is 1. The third kappa shape index (κ3) is 9.32. The average molecular weight is 260 g/mol. The summed E-state index contributed by atoms with van der Waals surface area (Å²) in [6, 6.07) is 0. The van der Waals surface area contributed by atoms with E-state index < -0.39 is 0 Å². The van der Waals surface area contributed by atoms with E-state index in [-0.39, 0.29) is 5.91 Å². The Kier molecular flexibility index (Phi) is 12.2. The van der Waals surface area contributed by atoms with Crippen LogP contribution in [0.4, 0.5) is 0 Å². The number of hydrogen-bond acceptors (Lipinski definition) is 6. The van der Waals surface area contributed by atoms with Crippen LogP contribution in [0, 0.1) is 0 Å². The predicted octanol–water partition coefficient (Wildman–Crippen LogP) is -2.74. The summed E-state index contributed by atoms with van der Waals surface area (Å²) in [5.41, 5.74) is 16.2. The van der Waals surface area contributed by atoms with E-state index in [0.29, 0.717) is 39.1 Å². The first-order valence-electron chi connectivity index (χ1n) is 6.55. The summed E-state index contributed by atoms with van der Waals surface area (Å²) in [5.74, 6) is 0.0750. The molecule has 108 valence electrons. The van der Waals surface area contributed by atoms with Crippen molar-refractivity contribution in [3.63, 3.8) is 0 Å². The van der Waals surface area contributed by atoms with E-state index in [1.807, 2.05) is 0 Å². The molecule has 1 amide bonds. The molecule has 0 spiro atoms. The van der Waals surface area contributed by atoms with Crippen molar-refractivity contribution >= 4 is 5.91 Å². The summed E-state index contributed by atoms with van der Waals surface area (Å²) in [5, 5.41) is 6.45. The van der Waals surface area contributed by atoms with Crippen LogP contribution in [0.2, 0.25) is 0 Å². The lowest BCUT2D eigenvalue weighted by atomic mass is 10.3. The standard InChI is InChI=1S/C11H28N6O/c12-2-1-11(18)17(9-4-14)10-8-16-7-6-15-5-3-13/h15-16H,1-10,12-14H2. The van der Waals surface area contributed by atoms with Crippen LogP contribution in [0.25, 0.3) is 0 Å². The summed E-state index contributed by atoms with van der Waals surface area (Å²) in [4.78, 5) is 13.4. The second-order valence-electron chi connectivity index (χ2n) is 4.00. The molecule has 7 nitrogen and oxygen atoms in total. The Morgan fingerprint density at radius 3 is 2.06 bits per heavy atom. The third-order valence-corrected chi connectivity index (χ3v) is 2.47. The number of rotatable bonds is 12. The maximum absolute atomic E-state index is 11.7. The van der Waals surface area contributed by atoms with Gasteiger partial charge in [0.2, 0.25) is 5.91 Å². The molecular weight excluding hydrogens is 232 g/mol. The molecule has 18 heavy (non-hydrogen) atoms. The third-order valence-electron chi connectivity index (χ3n) is 2.47. The van der Waals surface area contributed by atoms with Gasteiger partial charge in [0.15, 0.2) is 0 Å². The van der Waals surface area contributed by atoms with E-state index in [1.54, 1.807) is 4.90 Å². The lowest BCUT2D eigenvalue weighted by molar-refractivity contribution is -0.130. The number of carbonyl (C=O) groups is 1. The van der Waals surface area contributed by atoms with Crippen molar-refractivity contribution in [2.24, 2.45) is 17.2 Å². The van der Waals surface area contributed by atoms with Gasteiger partial charge in [0.25, 0.3) is 0 Å². The Bertz CT molecular complexity index is 202. The van der Waals surface area contributed by atoms with E-state index in [0.717, 1.165) is 26.2 Å². The monoisotopic (exact) mass is 260 g/mol. The van der Waals surface area contributed by atoms with Gasteiger partial charge in [-0.1, -0.05) is 0 Å². The van der Waals surface area contributed by atoms with Gasteiger partial charge in [0.05, 0.1) is 0 Å². The van der Waals surface area contributed by atoms with Gasteiger partial charge in [0.1, 0.15) is 0 Å². The molecule has 0 atom stereocenters. The van der Waals surface area contributed by atoms with Crippen molar-refractivity contribution in [2.75, 3.05) is 58.9 Å². The van der Waals surface area contributed by atoms with Crippen LogP contribution >= 0.6 is 0 Å². The lowest BCUT2D eigenvalue weighted by Crippen LogP contribution is -2.41. The minimum Gasteiger partial charge on any atom is -0.340 e. The molecule has 0 unspecified atom stereocenters. The average Bonchev–Trinajstić information content (AvgIpc) is 2.36. The Hall–Kier alpha value is -0.730. The molecule has 0 saturated carbocycles. The highest BCUT2D eigenvalue weighted by Crippen LogP contribution is 1.91. The van der Waals surface area contributed by atoms with E-state index in [2.05, 4.69) is 10.6 Å². The molecule has 0 aliphatic heterocycles. The van der Waals surface area contributed by atoms with Crippen LogP contribution in [-0.2, 0) is 4.79 Å². The lowest BCUT2D eigenvalue weighted by Gasteiger charge is -2.22. The smallest absolute Gasteiger partial charge is 0.223 e. The van der Waals surface area contributed by atoms with E-state index in [1.165, 1.54) is 0 Å². The molecule has 0 saturated heterocycles. The zero-order valence-electron chi connectivity index (χ0n) is 11.2. The normalized spacial score (nSPS) is 10.6. The number of nitrogens with zero attached hydrogens (tertiary/aromatic N) is 1. The molecule has 0 aromatic carbocycles. The number of nitrogens with one attached hydrogen (secondary N) is 2. The maximum Gasteiger partial charge on any atom is 0.223 e.